The third-order valence-corrected chi connectivity index (χ3v) is 2.52. The lowest BCUT2D eigenvalue weighted by atomic mass is 10.1. The fraction of sp³-hybridized carbons (Fsp3) is 0.250. The molecular weight excluding hydrogens is 202 g/mol. The maximum atomic E-state index is 12.0. The van der Waals surface area contributed by atoms with Gasteiger partial charge in [-0.05, 0) is 18.6 Å². The lowest BCUT2D eigenvalue weighted by Crippen LogP contribution is -2.20. The first kappa shape index (κ1) is 10.4. The number of hydrogen-bond acceptors (Lipinski definition) is 3. The SMILES string of the molecule is Cc1cccc2c(=O)n(CCC#N)cnc12. The Morgan fingerprint density at radius 3 is 3.06 bits per heavy atom. The summed E-state index contributed by atoms with van der Waals surface area (Å²) in [6, 6.07) is 7.55. The van der Waals surface area contributed by atoms with E-state index in [9.17, 15) is 4.79 Å². The molecule has 0 aliphatic carbocycles. The second kappa shape index (κ2) is 4.15. The van der Waals surface area contributed by atoms with Crippen LogP contribution in [0.2, 0.25) is 0 Å². The zero-order valence-electron chi connectivity index (χ0n) is 8.97. The number of aromatic nitrogens is 2. The number of aryl methyl sites for hydroxylation is 2. The van der Waals surface area contributed by atoms with Gasteiger partial charge in [0.15, 0.2) is 0 Å². The van der Waals surface area contributed by atoms with Gasteiger partial charge in [0.1, 0.15) is 0 Å². The van der Waals surface area contributed by atoms with Crippen LogP contribution in [0.25, 0.3) is 10.9 Å². The van der Waals surface area contributed by atoms with E-state index in [4.69, 9.17) is 5.26 Å². The Kier molecular flexibility index (Phi) is 2.69. The van der Waals surface area contributed by atoms with E-state index in [1.54, 1.807) is 6.07 Å². The van der Waals surface area contributed by atoms with Crippen molar-refractivity contribution in [3.63, 3.8) is 0 Å². The molecule has 4 heteroatoms. The Bertz CT molecular complexity index is 622. The molecule has 0 aliphatic rings. The maximum Gasteiger partial charge on any atom is 0.261 e. The molecule has 0 radical (unpaired) electrons. The van der Waals surface area contributed by atoms with Crippen LogP contribution in [0, 0.1) is 18.3 Å². The standard InChI is InChI=1S/C12H11N3O/c1-9-4-2-5-10-11(9)14-8-15(12(10)16)7-3-6-13/h2,4-5,8H,3,7H2,1H3. The molecule has 2 aromatic rings. The molecule has 0 bridgehead atoms. The summed E-state index contributed by atoms with van der Waals surface area (Å²) in [5, 5.41) is 9.10. The molecule has 16 heavy (non-hydrogen) atoms. The Hall–Kier alpha value is -2.15. The summed E-state index contributed by atoms with van der Waals surface area (Å²) in [6.07, 6.45) is 1.83. The van der Waals surface area contributed by atoms with E-state index < -0.39 is 0 Å². The highest BCUT2D eigenvalue weighted by atomic mass is 16.1. The number of nitrogens with zero attached hydrogens (tertiary/aromatic N) is 3. The maximum absolute atomic E-state index is 12.0. The van der Waals surface area contributed by atoms with E-state index in [-0.39, 0.29) is 5.56 Å². The van der Waals surface area contributed by atoms with Gasteiger partial charge in [-0.2, -0.15) is 5.26 Å². The van der Waals surface area contributed by atoms with Crippen LogP contribution in [0.3, 0.4) is 0 Å². The second-order valence-corrected chi connectivity index (χ2v) is 3.62. The second-order valence-electron chi connectivity index (χ2n) is 3.62. The molecule has 0 unspecified atom stereocenters. The van der Waals surface area contributed by atoms with E-state index in [0.29, 0.717) is 18.4 Å². The van der Waals surface area contributed by atoms with Gasteiger partial charge in [-0.1, -0.05) is 12.1 Å². The summed E-state index contributed by atoms with van der Waals surface area (Å²) < 4.78 is 1.48. The first-order chi connectivity index (χ1) is 7.74. The van der Waals surface area contributed by atoms with Crippen molar-refractivity contribution in [3.8, 4) is 6.07 Å². The number of hydrogen-bond donors (Lipinski definition) is 0. The van der Waals surface area contributed by atoms with E-state index >= 15 is 0 Å². The van der Waals surface area contributed by atoms with Crippen LogP contribution < -0.4 is 5.56 Å². The third-order valence-electron chi connectivity index (χ3n) is 2.52. The molecule has 0 atom stereocenters. The Labute approximate surface area is 92.8 Å². The molecule has 0 fully saturated rings. The molecule has 4 nitrogen and oxygen atoms in total. The first-order valence-electron chi connectivity index (χ1n) is 5.06. The Morgan fingerprint density at radius 1 is 1.50 bits per heavy atom. The van der Waals surface area contributed by atoms with Gasteiger partial charge >= 0.3 is 0 Å². The minimum atomic E-state index is -0.0797. The molecule has 0 N–H and O–H groups in total. The average Bonchev–Trinajstić information content (AvgIpc) is 2.29. The van der Waals surface area contributed by atoms with Crippen molar-refractivity contribution in [1.29, 1.82) is 5.26 Å². The van der Waals surface area contributed by atoms with E-state index in [0.717, 1.165) is 11.1 Å². The fourth-order valence-corrected chi connectivity index (χ4v) is 1.67. The summed E-state index contributed by atoms with van der Waals surface area (Å²) in [4.78, 5) is 16.2. The van der Waals surface area contributed by atoms with Crippen LogP contribution in [-0.2, 0) is 6.54 Å². The highest BCUT2D eigenvalue weighted by Gasteiger charge is 2.04. The first-order valence-corrected chi connectivity index (χ1v) is 5.06. The van der Waals surface area contributed by atoms with Crippen molar-refractivity contribution in [2.45, 2.75) is 19.9 Å². The predicted octanol–water partition coefficient (Wildman–Crippen LogP) is 1.62. The number of nitriles is 1. The van der Waals surface area contributed by atoms with Gasteiger partial charge in [-0.25, -0.2) is 4.98 Å². The predicted molar refractivity (Wildman–Crippen MR) is 61.0 cm³/mol. The molecule has 0 amide bonds. The average molecular weight is 213 g/mol. The van der Waals surface area contributed by atoms with E-state index in [1.807, 2.05) is 25.1 Å². The van der Waals surface area contributed by atoms with Crippen molar-refractivity contribution >= 4 is 10.9 Å². The summed E-state index contributed by atoms with van der Waals surface area (Å²) in [7, 11) is 0. The molecule has 1 heterocycles. The van der Waals surface area contributed by atoms with Gasteiger partial charge in [0.25, 0.3) is 5.56 Å². The van der Waals surface area contributed by atoms with Gasteiger partial charge in [0, 0.05) is 6.54 Å². The summed E-state index contributed by atoms with van der Waals surface area (Å²) >= 11 is 0. The van der Waals surface area contributed by atoms with Crippen molar-refractivity contribution in [2.24, 2.45) is 0 Å². The molecule has 0 saturated heterocycles. The molecule has 80 valence electrons. The van der Waals surface area contributed by atoms with E-state index in [1.165, 1.54) is 10.9 Å². The zero-order chi connectivity index (χ0) is 11.5. The van der Waals surface area contributed by atoms with Crippen LogP contribution in [0.4, 0.5) is 0 Å². The van der Waals surface area contributed by atoms with Crippen LogP contribution in [0.15, 0.2) is 29.3 Å². The lowest BCUT2D eigenvalue weighted by Gasteiger charge is -2.05. The van der Waals surface area contributed by atoms with Gasteiger partial charge in [0.05, 0.1) is 29.7 Å². The summed E-state index contributed by atoms with van der Waals surface area (Å²) in [5.41, 5.74) is 1.65. The minimum Gasteiger partial charge on any atom is -0.298 e. The van der Waals surface area contributed by atoms with Crippen LogP contribution in [0.5, 0.6) is 0 Å². The van der Waals surface area contributed by atoms with Gasteiger partial charge in [0.2, 0.25) is 0 Å². The van der Waals surface area contributed by atoms with E-state index in [2.05, 4.69) is 4.98 Å². The highest BCUT2D eigenvalue weighted by molar-refractivity contribution is 5.80. The van der Waals surface area contributed by atoms with Crippen LogP contribution in [-0.4, -0.2) is 9.55 Å². The third kappa shape index (κ3) is 1.68. The van der Waals surface area contributed by atoms with Crippen molar-refractivity contribution < 1.29 is 0 Å². The highest BCUT2D eigenvalue weighted by Crippen LogP contribution is 2.11. The number of benzene rings is 1. The summed E-state index contributed by atoms with van der Waals surface area (Å²) in [5.74, 6) is 0. The minimum absolute atomic E-state index is 0.0797. The topological polar surface area (TPSA) is 58.7 Å². The fourth-order valence-electron chi connectivity index (χ4n) is 1.67. The summed E-state index contributed by atoms with van der Waals surface area (Å²) in [6.45, 7) is 2.32. The number of para-hydroxylation sites is 1. The molecule has 1 aromatic heterocycles. The van der Waals surface area contributed by atoms with Crippen molar-refractivity contribution in [2.75, 3.05) is 0 Å². The smallest absolute Gasteiger partial charge is 0.261 e. The Morgan fingerprint density at radius 2 is 2.31 bits per heavy atom. The Balaban J connectivity index is 2.63. The van der Waals surface area contributed by atoms with Crippen molar-refractivity contribution in [1.82, 2.24) is 9.55 Å². The molecule has 1 aromatic carbocycles. The molecule has 0 saturated carbocycles. The van der Waals surface area contributed by atoms with Gasteiger partial charge in [-0.3, -0.25) is 9.36 Å². The van der Waals surface area contributed by atoms with Crippen LogP contribution in [0.1, 0.15) is 12.0 Å². The number of fused-ring (bicyclic) bond motifs is 1. The quantitative estimate of drug-likeness (QED) is 0.761. The molecular formula is C12H11N3O. The molecule has 2 rings (SSSR count). The van der Waals surface area contributed by atoms with Gasteiger partial charge < -0.3 is 0 Å². The zero-order valence-corrected chi connectivity index (χ0v) is 8.97. The lowest BCUT2D eigenvalue weighted by molar-refractivity contribution is 0.678. The number of rotatable bonds is 2. The van der Waals surface area contributed by atoms with Crippen LogP contribution >= 0.6 is 0 Å². The largest absolute Gasteiger partial charge is 0.298 e. The van der Waals surface area contributed by atoms with Gasteiger partial charge in [-0.15, -0.1) is 0 Å². The normalized spacial score (nSPS) is 10.2. The molecule has 0 aliphatic heterocycles. The molecule has 0 spiro atoms. The van der Waals surface area contributed by atoms with Crippen molar-refractivity contribution in [3.05, 3.63) is 40.4 Å². The monoisotopic (exact) mass is 213 g/mol.